The average Bonchev–Trinajstić information content (AvgIpc) is 3.46. The highest BCUT2D eigenvalue weighted by molar-refractivity contribution is 7.99. The number of thiazole rings is 1. The lowest BCUT2D eigenvalue weighted by Gasteiger charge is -2.18. The number of nitrogens with zero attached hydrogens (tertiary/aromatic N) is 2. The molecule has 160 valence electrons. The van der Waals surface area contributed by atoms with Gasteiger partial charge in [-0.15, -0.1) is 23.5 Å². The number of furan rings is 1. The number of fused-ring (bicyclic) bond motifs is 1. The van der Waals surface area contributed by atoms with E-state index in [1.165, 1.54) is 16.2 Å². The number of anilines is 1. The summed E-state index contributed by atoms with van der Waals surface area (Å²) >= 11 is 4.88. The zero-order valence-corrected chi connectivity index (χ0v) is 19.7. The molecule has 2 heterocycles. The number of hydrogen-bond acceptors (Lipinski definition) is 7. The predicted octanol–water partition coefficient (Wildman–Crippen LogP) is 6.34. The van der Waals surface area contributed by atoms with E-state index in [9.17, 15) is 4.79 Å². The maximum absolute atomic E-state index is 13.2. The van der Waals surface area contributed by atoms with Crippen LogP contribution in [0.15, 0.2) is 75.1 Å². The van der Waals surface area contributed by atoms with Gasteiger partial charge in [0, 0.05) is 22.0 Å². The van der Waals surface area contributed by atoms with Gasteiger partial charge in [0.15, 0.2) is 5.13 Å². The van der Waals surface area contributed by atoms with Gasteiger partial charge in [0.1, 0.15) is 11.5 Å². The molecule has 0 aliphatic carbocycles. The molecule has 0 atom stereocenters. The molecule has 0 aliphatic heterocycles. The molecular formula is C23H22N2O3S3. The fraction of sp³-hybridized carbons (Fsp3) is 0.217. The lowest BCUT2D eigenvalue weighted by molar-refractivity contribution is -0.118. The summed E-state index contributed by atoms with van der Waals surface area (Å²) in [6.07, 6.45) is 4.08. The SMILES string of the molecule is COc1ccc(SCCC(=O)N(Cc2ccco2)c2nc3ccc(SC)cc3s2)cc1. The van der Waals surface area contributed by atoms with Gasteiger partial charge in [-0.05, 0) is 60.9 Å². The molecule has 0 bridgehead atoms. The maximum atomic E-state index is 13.2. The Labute approximate surface area is 193 Å². The van der Waals surface area contributed by atoms with Crippen molar-refractivity contribution in [2.45, 2.75) is 22.8 Å². The summed E-state index contributed by atoms with van der Waals surface area (Å²) in [5.74, 6) is 2.27. The first kappa shape index (κ1) is 21.8. The molecule has 5 nitrogen and oxygen atoms in total. The standard InChI is InChI=1S/C23H22N2O3S3/c1-27-16-5-7-18(8-6-16)30-13-11-22(26)25(15-17-4-3-12-28-17)23-24-20-10-9-19(29-2)14-21(20)31-23/h3-10,12,14H,11,13,15H2,1-2H3. The highest BCUT2D eigenvalue weighted by Gasteiger charge is 2.21. The Balaban J connectivity index is 1.49. The van der Waals surface area contributed by atoms with E-state index < -0.39 is 0 Å². The zero-order chi connectivity index (χ0) is 21.6. The van der Waals surface area contributed by atoms with Crippen molar-refractivity contribution in [1.82, 2.24) is 4.98 Å². The molecule has 8 heteroatoms. The van der Waals surface area contributed by atoms with Gasteiger partial charge in [-0.2, -0.15) is 0 Å². The second-order valence-corrected chi connectivity index (χ2v) is 9.72. The number of rotatable bonds is 9. The molecule has 4 rings (SSSR count). The molecule has 0 aliphatic rings. The van der Waals surface area contributed by atoms with Crippen LogP contribution in [-0.2, 0) is 11.3 Å². The van der Waals surface area contributed by atoms with Crippen LogP contribution in [0.4, 0.5) is 5.13 Å². The summed E-state index contributed by atoms with van der Waals surface area (Å²) in [6.45, 7) is 0.369. The molecule has 2 aromatic heterocycles. The van der Waals surface area contributed by atoms with E-state index in [0.29, 0.717) is 23.8 Å². The summed E-state index contributed by atoms with van der Waals surface area (Å²) in [6, 6.07) is 17.8. The molecule has 0 saturated heterocycles. The number of carbonyl (C=O) groups is 1. The minimum absolute atomic E-state index is 0.0292. The Morgan fingerprint density at radius 1 is 1.16 bits per heavy atom. The van der Waals surface area contributed by atoms with Gasteiger partial charge < -0.3 is 9.15 Å². The first-order valence-corrected chi connectivity index (χ1v) is 12.7. The van der Waals surface area contributed by atoms with Crippen LogP contribution in [0.2, 0.25) is 0 Å². The topological polar surface area (TPSA) is 55.6 Å². The molecule has 0 saturated carbocycles. The third-order valence-corrected chi connectivity index (χ3v) is 7.43. The number of methoxy groups -OCH3 is 1. The van der Waals surface area contributed by atoms with Gasteiger partial charge in [-0.3, -0.25) is 9.69 Å². The van der Waals surface area contributed by atoms with Crippen molar-refractivity contribution in [2.75, 3.05) is 24.0 Å². The Bertz CT molecular complexity index is 1140. The second kappa shape index (κ2) is 10.3. The van der Waals surface area contributed by atoms with Crippen LogP contribution in [0.3, 0.4) is 0 Å². The molecule has 31 heavy (non-hydrogen) atoms. The smallest absolute Gasteiger partial charge is 0.230 e. The number of benzene rings is 2. The summed E-state index contributed by atoms with van der Waals surface area (Å²) < 4.78 is 11.8. The highest BCUT2D eigenvalue weighted by Crippen LogP contribution is 2.33. The van der Waals surface area contributed by atoms with E-state index in [1.54, 1.807) is 41.8 Å². The third kappa shape index (κ3) is 5.44. The number of ether oxygens (including phenoxy) is 1. The highest BCUT2D eigenvalue weighted by atomic mass is 32.2. The summed E-state index contributed by atoms with van der Waals surface area (Å²) in [5, 5.41) is 0.698. The molecule has 2 aromatic carbocycles. The first-order valence-electron chi connectivity index (χ1n) is 9.70. The lowest BCUT2D eigenvalue weighted by atomic mass is 10.3. The van der Waals surface area contributed by atoms with Crippen LogP contribution in [0, 0.1) is 0 Å². The van der Waals surface area contributed by atoms with Crippen LogP contribution in [-0.4, -0.2) is 30.0 Å². The maximum Gasteiger partial charge on any atom is 0.230 e. The molecule has 0 N–H and O–H groups in total. The lowest BCUT2D eigenvalue weighted by Crippen LogP contribution is -2.30. The van der Waals surface area contributed by atoms with Crippen molar-refractivity contribution in [3.05, 3.63) is 66.6 Å². The summed E-state index contributed by atoms with van der Waals surface area (Å²) in [5.41, 5.74) is 0.905. The van der Waals surface area contributed by atoms with E-state index in [2.05, 4.69) is 18.4 Å². The van der Waals surface area contributed by atoms with Crippen LogP contribution >= 0.6 is 34.9 Å². The molecule has 4 aromatic rings. The van der Waals surface area contributed by atoms with Gasteiger partial charge in [0.25, 0.3) is 0 Å². The molecule has 0 radical (unpaired) electrons. The number of aromatic nitrogens is 1. The minimum Gasteiger partial charge on any atom is -0.497 e. The fourth-order valence-electron chi connectivity index (χ4n) is 3.02. The molecule has 1 amide bonds. The fourth-order valence-corrected chi connectivity index (χ4v) is 5.40. The Morgan fingerprint density at radius 2 is 1.97 bits per heavy atom. The van der Waals surface area contributed by atoms with Crippen LogP contribution in [0.1, 0.15) is 12.2 Å². The van der Waals surface area contributed by atoms with Crippen molar-refractivity contribution in [2.24, 2.45) is 0 Å². The second-order valence-electron chi connectivity index (χ2n) is 6.66. The normalized spacial score (nSPS) is 11.0. The van der Waals surface area contributed by atoms with E-state index in [-0.39, 0.29) is 5.91 Å². The van der Waals surface area contributed by atoms with Crippen molar-refractivity contribution >= 4 is 56.1 Å². The molecule has 0 fully saturated rings. The average molecular weight is 471 g/mol. The Morgan fingerprint density at radius 3 is 2.68 bits per heavy atom. The minimum atomic E-state index is 0.0292. The van der Waals surface area contributed by atoms with Crippen LogP contribution in [0.5, 0.6) is 5.75 Å². The monoisotopic (exact) mass is 470 g/mol. The molecule has 0 spiro atoms. The Hall–Kier alpha value is -2.42. The van der Waals surface area contributed by atoms with Crippen molar-refractivity contribution in [3.8, 4) is 5.75 Å². The molecule has 0 unspecified atom stereocenters. The number of carbonyl (C=O) groups excluding carboxylic acids is 1. The van der Waals surface area contributed by atoms with E-state index in [0.717, 1.165) is 26.6 Å². The van der Waals surface area contributed by atoms with Gasteiger partial charge in [0.05, 0.1) is 30.1 Å². The first-order chi connectivity index (χ1) is 15.2. The van der Waals surface area contributed by atoms with Crippen molar-refractivity contribution in [3.63, 3.8) is 0 Å². The van der Waals surface area contributed by atoms with E-state index in [1.807, 2.05) is 42.5 Å². The van der Waals surface area contributed by atoms with E-state index in [4.69, 9.17) is 14.1 Å². The zero-order valence-electron chi connectivity index (χ0n) is 17.2. The van der Waals surface area contributed by atoms with Gasteiger partial charge in [-0.25, -0.2) is 4.98 Å². The van der Waals surface area contributed by atoms with Gasteiger partial charge in [0.2, 0.25) is 5.91 Å². The molecular weight excluding hydrogens is 448 g/mol. The largest absolute Gasteiger partial charge is 0.497 e. The number of amides is 1. The Kier molecular flexibility index (Phi) is 7.21. The number of hydrogen-bond donors (Lipinski definition) is 0. The summed E-state index contributed by atoms with van der Waals surface area (Å²) in [4.78, 5) is 21.9. The van der Waals surface area contributed by atoms with Crippen LogP contribution < -0.4 is 9.64 Å². The van der Waals surface area contributed by atoms with Crippen LogP contribution in [0.25, 0.3) is 10.2 Å². The third-order valence-electron chi connectivity index (χ3n) is 4.65. The quantitative estimate of drug-likeness (QED) is 0.266. The number of thioether (sulfide) groups is 2. The van der Waals surface area contributed by atoms with Crippen molar-refractivity contribution < 1.29 is 13.9 Å². The van der Waals surface area contributed by atoms with Crippen molar-refractivity contribution in [1.29, 1.82) is 0 Å². The van der Waals surface area contributed by atoms with Gasteiger partial charge >= 0.3 is 0 Å². The summed E-state index contributed by atoms with van der Waals surface area (Å²) in [7, 11) is 1.65. The van der Waals surface area contributed by atoms with Gasteiger partial charge in [-0.1, -0.05) is 11.3 Å². The van der Waals surface area contributed by atoms with E-state index >= 15 is 0 Å². The predicted molar refractivity (Wildman–Crippen MR) is 130 cm³/mol.